The van der Waals surface area contributed by atoms with Crippen LogP contribution in [0.3, 0.4) is 0 Å². The topological polar surface area (TPSA) is 84.9 Å². The molecule has 1 heterocycles. The number of benzene rings is 1. The van der Waals surface area contributed by atoms with Gasteiger partial charge in [0.25, 0.3) is 0 Å². The van der Waals surface area contributed by atoms with Crippen molar-refractivity contribution in [3.8, 4) is 5.75 Å². The average Bonchev–Trinajstić information content (AvgIpc) is 2.98. The molecule has 1 aliphatic heterocycles. The van der Waals surface area contributed by atoms with Gasteiger partial charge in [0.05, 0.1) is 25.0 Å². The lowest BCUT2D eigenvalue weighted by Gasteiger charge is -2.19. The van der Waals surface area contributed by atoms with Gasteiger partial charge in [0.15, 0.2) is 0 Å². The second kappa shape index (κ2) is 8.19. The molecule has 2 unspecified atom stereocenters. The van der Waals surface area contributed by atoms with Crippen LogP contribution in [-0.4, -0.2) is 36.1 Å². The van der Waals surface area contributed by atoms with Gasteiger partial charge in [0.2, 0.25) is 5.91 Å². The highest BCUT2D eigenvalue weighted by Crippen LogP contribution is 2.26. The summed E-state index contributed by atoms with van der Waals surface area (Å²) in [5, 5.41) is 11.6. The molecular formula is C16H18F3NO5. The number of nitrogens with one attached hydrogen (secondary N) is 1. The normalized spacial score (nSPS) is 18.6. The van der Waals surface area contributed by atoms with Gasteiger partial charge in [-0.05, 0) is 30.5 Å². The molecule has 2 rings (SSSR count). The monoisotopic (exact) mass is 361 g/mol. The maximum atomic E-state index is 12.2. The van der Waals surface area contributed by atoms with Crippen LogP contribution in [-0.2, 0) is 14.3 Å². The molecule has 0 saturated carbocycles. The summed E-state index contributed by atoms with van der Waals surface area (Å²) in [6.07, 6.45) is -3.63. The zero-order valence-electron chi connectivity index (χ0n) is 13.2. The summed E-state index contributed by atoms with van der Waals surface area (Å²) in [5.41, 5.74) is 0.373. The number of carboxylic acids is 1. The number of alkyl halides is 3. The Bertz CT molecular complexity index is 597. The summed E-state index contributed by atoms with van der Waals surface area (Å²) in [6, 6.07) is 3.88. The van der Waals surface area contributed by atoms with Crippen LogP contribution >= 0.6 is 0 Å². The molecular weight excluding hydrogens is 343 g/mol. The molecule has 0 aromatic heterocycles. The van der Waals surface area contributed by atoms with E-state index in [4.69, 9.17) is 9.84 Å². The maximum Gasteiger partial charge on any atom is 0.573 e. The molecule has 1 aromatic carbocycles. The van der Waals surface area contributed by atoms with Crippen molar-refractivity contribution in [2.24, 2.45) is 0 Å². The minimum Gasteiger partial charge on any atom is -0.481 e. The van der Waals surface area contributed by atoms with Crippen molar-refractivity contribution < 1.29 is 37.3 Å². The average molecular weight is 361 g/mol. The predicted molar refractivity (Wildman–Crippen MR) is 79.9 cm³/mol. The minimum atomic E-state index is -4.81. The Morgan fingerprint density at radius 3 is 2.52 bits per heavy atom. The van der Waals surface area contributed by atoms with Crippen LogP contribution in [0.25, 0.3) is 0 Å². The van der Waals surface area contributed by atoms with Crippen molar-refractivity contribution in [1.82, 2.24) is 5.32 Å². The van der Waals surface area contributed by atoms with Gasteiger partial charge in [-0.2, -0.15) is 0 Å². The number of carboxylic acid groups (broad SMARTS) is 1. The maximum absolute atomic E-state index is 12.2. The first-order valence-corrected chi connectivity index (χ1v) is 7.71. The number of carbonyl (C=O) groups excluding carboxylic acids is 1. The predicted octanol–water partition coefficient (Wildman–Crippen LogP) is 2.79. The molecule has 138 valence electrons. The van der Waals surface area contributed by atoms with Crippen LogP contribution in [0.4, 0.5) is 13.2 Å². The zero-order valence-corrected chi connectivity index (χ0v) is 13.2. The number of rotatable bonds is 7. The molecule has 1 fully saturated rings. The molecule has 1 amide bonds. The van der Waals surface area contributed by atoms with E-state index in [0.717, 1.165) is 25.0 Å². The van der Waals surface area contributed by atoms with Crippen LogP contribution in [0.15, 0.2) is 24.3 Å². The first-order chi connectivity index (χ1) is 11.7. The van der Waals surface area contributed by atoms with E-state index in [9.17, 15) is 22.8 Å². The SMILES string of the molecule is O=C(O)CC(NC(=O)CC1CCCO1)c1ccc(OC(F)(F)F)cc1. The largest absolute Gasteiger partial charge is 0.573 e. The molecule has 25 heavy (non-hydrogen) atoms. The molecule has 2 atom stereocenters. The third-order valence-electron chi connectivity index (χ3n) is 3.67. The van der Waals surface area contributed by atoms with Crippen molar-refractivity contribution in [2.45, 2.75) is 44.2 Å². The number of hydrogen-bond acceptors (Lipinski definition) is 4. The van der Waals surface area contributed by atoms with Crippen LogP contribution in [0.1, 0.15) is 37.3 Å². The Kier molecular flexibility index (Phi) is 6.24. The Hall–Kier alpha value is -2.29. The van der Waals surface area contributed by atoms with E-state index < -0.39 is 30.5 Å². The highest BCUT2D eigenvalue weighted by Gasteiger charge is 2.31. The van der Waals surface area contributed by atoms with Crippen molar-refractivity contribution in [3.05, 3.63) is 29.8 Å². The molecule has 0 aliphatic carbocycles. The fourth-order valence-corrected chi connectivity index (χ4v) is 2.59. The summed E-state index contributed by atoms with van der Waals surface area (Å²) in [5.74, 6) is -1.93. The first kappa shape index (κ1) is 19.0. The second-order valence-corrected chi connectivity index (χ2v) is 5.67. The van der Waals surface area contributed by atoms with Crippen LogP contribution in [0, 0.1) is 0 Å². The van der Waals surface area contributed by atoms with E-state index in [1.165, 1.54) is 12.1 Å². The summed E-state index contributed by atoms with van der Waals surface area (Å²) in [6.45, 7) is 0.594. The zero-order chi connectivity index (χ0) is 18.4. The van der Waals surface area contributed by atoms with Crippen LogP contribution < -0.4 is 10.1 Å². The molecule has 0 spiro atoms. The Labute approximate surface area is 141 Å². The van der Waals surface area contributed by atoms with Gasteiger partial charge in [-0.15, -0.1) is 13.2 Å². The molecule has 1 saturated heterocycles. The number of ether oxygens (including phenoxy) is 2. The van der Waals surface area contributed by atoms with E-state index in [-0.39, 0.29) is 18.4 Å². The summed E-state index contributed by atoms with van der Waals surface area (Å²) < 4.78 is 45.6. The lowest BCUT2D eigenvalue weighted by Crippen LogP contribution is -2.32. The number of aliphatic carboxylic acids is 1. The summed E-state index contributed by atoms with van der Waals surface area (Å²) in [4.78, 5) is 23.1. The van der Waals surface area contributed by atoms with E-state index >= 15 is 0 Å². The molecule has 1 aromatic rings. The van der Waals surface area contributed by atoms with Crippen molar-refractivity contribution in [3.63, 3.8) is 0 Å². The van der Waals surface area contributed by atoms with Crippen molar-refractivity contribution in [2.75, 3.05) is 6.61 Å². The second-order valence-electron chi connectivity index (χ2n) is 5.67. The standard InChI is InChI=1S/C16H18F3NO5/c17-16(18,19)25-11-5-3-10(4-6-11)13(9-15(22)23)20-14(21)8-12-2-1-7-24-12/h3-6,12-13H,1-2,7-9H2,(H,20,21)(H,22,23). The van der Waals surface area contributed by atoms with E-state index in [1.54, 1.807) is 0 Å². The minimum absolute atomic E-state index is 0.116. The van der Waals surface area contributed by atoms with Crippen LogP contribution in [0.2, 0.25) is 0 Å². The first-order valence-electron chi connectivity index (χ1n) is 7.71. The van der Waals surface area contributed by atoms with Gasteiger partial charge in [-0.25, -0.2) is 0 Å². The van der Waals surface area contributed by atoms with Gasteiger partial charge in [-0.1, -0.05) is 12.1 Å². The number of amides is 1. The summed E-state index contributed by atoms with van der Waals surface area (Å²) >= 11 is 0. The van der Waals surface area contributed by atoms with Gasteiger partial charge >= 0.3 is 12.3 Å². The summed E-state index contributed by atoms with van der Waals surface area (Å²) in [7, 11) is 0. The molecule has 9 heteroatoms. The van der Waals surface area contributed by atoms with E-state index in [1.807, 2.05) is 0 Å². The molecule has 1 aliphatic rings. The third-order valence-corrected chi connectivity index (χ3v) is 3.67. The number of carbonyl (C=O) groups is 2. The van der Waals surface area contributed by atoms with Gasteiger partial charge in [0, 0.05) is 6.61 Å². The molecule has 0 radical (unpaired) electrons. The van der Waals surface area contributed by atoms with E-state index in [2.05, 4.69) is 10.1 Å². The van der Waals surface area contributed by atoms with Gasteiger partial charge < -0.3 is 19.9 Å². The van der Waals surface area contributed by atoms with Crippen LogP contribution in [0.5, 0.6) is 5.75 Å². The molecule has 6 nitrogen and oxygen atoms in total. The lowest BCUT2D eigenvalue weighted by atomic mass is 10.0. The highest BCUT2D eigenvalue weighted by atomic mass is 19.4. The quantitative estimate of drug-likeness (QED) is 0.780. The highest BCUT2D eigenvalue weighted by molar-refractivity contribution is 5.78. The number of halogens is 3. The molecule has 2 N–H and O–H groups in total. The van der Waals surface area contributed by atoms with Gasteiger partial charge in [-0.3, -0.25) is 9.59 Å². The third kappa shape index (κ3) is 6.61. The molecule has 0 bridgehead atoms. The van der Waals surface area contributed by atoms with Crippen molar-refractivity contribution >= 4 is 11.9 Å². The van der Waals surface area contributed by atoms with Gasteiger partial charge in [0.1, 0.15) is 5.75 Å². The Balaban J connectivity index is 2.02. The smallest absolute Gasteiger partial charge is 0.481 e. The number of hydrogen-bond donors (Lipinski definition) is 2. The fraction of sp³-hybridized carbons (Fsp3) is 0.500. The van der Waals surface area contributed by atoms with Crippen molar-refractivity contribution in [1.29, 1.82) is 0 Å². The Morgan fingerprint density at radius 2 is 2.00 bits per heavy atom. The Morgan fingerprint density at radius 1 is 1.32 bits per heavy atom. The van der Waals surface area contributed by atoms with E-state index in [0.29, 0.717) is 12.2 Å². The lowest BCUT2D eigenvalue weighted by molar-refractivity contribution is -0.274. The fourth-order valence-electron chi connectivity index (χ4n) is 2.59.